The second kappa shape index (κ2) is 13.9. The first kappa shape index (κ1) is 29.1. The number of rotatable bonds is 14. The van der Waals surface area contributed by atoms with Crippen molar-refractivity contribution in [3.8, 4) is 23.0 Å². The Hall–Kier alpha value is -3.45. The number of aromatic hydroxyl groups is 1. The normalized spacial score (nSPS) is 16.5. The Morgan fingerprint density at radius 1 is 0.902 bits per heavy atom. The zero-order valence-electron chi connectivity index (χ0n) is 24.3. The minimum absolute atomic E-state index is 0.303. The number of methoxy groups -OCH3 is 2. The van der Waals surface area contributed by atoms with Crippen molar-refractivity contribution in [2.75, 3.05) is 45.8 Å². The van der Waals surface area contributed by atoms with Gasteiger partial charge in [0.05, 0.1) is 14.2 Å². The molecule has 0 saturated heterocycles. The lowest BCUT2D eigenvalue weighted by Gasteiger charge is -2.28. The largest absolute Gasteiger partial charge is 0.508 e. The minimum atomic E-state index is -0.303. The van der Waals surface area contributed by atoms with Crippen LogP contribution in [0, 0.1) is 11.7 Å². The number of hydrogen-bond donors (Lipinski definition) is 3. The molecule has 6 nitrogen and oxygen atoms in total. The molecule has 0 spiro atoms. The Bertz CT molecular complexity index is 1310. The highest BCUT2D eigenvalue weighted by Gasteiger charge is 2.24. The molecule has 3 aromatic rings. The van der Waals surface area contributed by atoms with Crippen LogP contribution in [0.2, 0.25) is 0 Å². The van der Waals surface area contributed by atoms with Crippen molar-refractivity contribution in [1.29, 1.82) is 0 Å². The molecule has 2 aliphatic carbocycles. The highest BCUT2D eigenvalue weighted by Crippen LogP contribution is 2.42. The molecule has 0 bridgehead atoms. The van der Waals surface area contributed by atoms with Crippen LogP contribution in [0.3, 0.4) is 0 Å². The Balaban J connectivity index is 1.16. The summed E-state index contributed by atoms with van der Waals surface area (Å²) in [6.07, 6.45) is 8.41. The third kappa shape index (κ3) is 7.45. The zero-order valence-corrected chi connectivity index (χ0v) is 24.3. The molecule has 1 atom stereocenters. The summed E-state index contributed by atoms with van der Waals surface area (Å²) in [5, 5.41) is 16.9. The Morgan fingerprint density at radius 3 is 2.49 bits per heavy atom. The number of fused-ring (bicyclic) bond motifs is 1. The van der Waals surface area contributed by atoms with Gasteiger partial charge < -0.3 is 30.0 Å². The fourth-order valence-electron chi connectivity index (χ4n) is 5.96. The molecular weight excluding hydrogens is 519 g/mol. The summed E-state index contributed by atoms with van der Waals surface area (Å²) in [5.41, 5.74) is 5.70. The van der Waals surface area contributed by atoms with E-state index in [1.807, 2.05) is 24.3 Å². The van der Waals surface area contributed by atoms with E-state index in [1.165, 1.54) is 36.0 Å². The lowest BCUT2D eigenvalue weighted by molar-refractivity contribution is 0.270. The van der Waals surface area contributed by atoms with E-state index >= 15 is 0 Å². The molecule has 3 N–H and O–H groups in total. The van der Waals surface area contributed by atoms with Crippen LogP contribution in [-0.2, 0) is 19.3 Å². The zero-order chi connectivity index (χ0) is 28.6. The van der Waals surface area contributed by atoms with E-state index < -0.39 is 0 Å². The lowest BCUT2D eigenvalue weighted by atomic mass is 9.79. The van der Waals surface area contributed by atoms with Gasteiger partial charge in [0.1, 0.15) is 12.4 Å². The highest BCUT2D eigenvalue weighted by atomic mass is 19.1. The number of nitrogens with one attached hydrogen (secondary N) is 2. The third-order valence-electron chi connectivity index (χ3n) is 8.56. The first-order valence-corrected chi connectivity index (χ1v) is 15.0. The number of phenolic OH excluding ortho intramolecular Hbond substituents is 1. The maximum Gasteiger partial charge on any atom is 0.165 e. The van der Waals surface area contributed by atoms with Crippen LogP contribution < -0.4 is 24.8 Å². The average Bonchev–Trinajstić information content (AvgIpc) is 2.96. The Labute approximate surface area is 243 Å². The smallest absolute Gasteiger partial charge is 0.165 e. The summed E-state index contributed by atoms with van der Waals surface area (Å²) < 4.78 is 31.6. The predicted molar refractivity (Wildman–Crippen MR) is 161 cm³/mol. The number of aryl methyl sites for hydroxylation is 2. The summed E-state index contributed by atoms with van der Waals surface area (Å²) in [4.78, 5) is 0. The molecule has 0 aliphatic heterocycles. The third-order valence-corrected chi connectivity index (χ3v) is 8.56. The molecule has 2 aliphatic rings. The molecule has 7 heteroatoms. The summed E-state index contributed by atoms with van der Waals surface area (Å²) in [6.45, 7) is 2.98. The molecule has 5 rings (SSSR count). The van der Waals surface area contributed by atoms with Crippen LogP contribution in [0.5, 0.6) is 23.0 Å². The van der Waals surface area contributed by atoms with Crippen molar-refractivity contribution in [2.24, 2.45) is 5.92 Å². The first-order chi connectivity index (χ1) is 20.0. The van der Waals surface area contributed by atoms with E-state index in [4.69, 9.17) is 14.2 Å². The van der Waals surface area contributed by atoms with E-state index in [0.717, 1.165) is 74.7 Å². The van der Waals surface area contributed by atoms with E-state index in [-0.39, 0.29) is 5.82 Å². The number of hydrogen-bond acceptors (Lipinski definition) is 6. The van der Waals surface area contributed by atoms with E-state index in [0.29, 0.717) is 29.8 Å². The fourth-order valence-corrected chi connectivity index (χ4v) is 5.96. The number of ether oxygens (including phenoxy) is 3. The maximum atomic E-state index is 14.7. The fraction of sp³-hybridized carbons (Fsp3) is 0.471. The molecule has 3 aromatic carbocycles. The number of anilines is 1. The van der Waals surface area contributed by atoms with Gasteiger partial charge >= 0.3 is 0 Å². The SMILES string of the molecule is COc1cc(NCCCc2ccc(OCCNCC3CCC3)c(F)c2)c([C@@H]2CCc3cc(O)ccc3C2)cc1OC. The summed E-state index contributed by atoms with van der Waals surface area (Å²) in [6, 6.07) is 15.1. The lowest BCUT2D eigenvalue weighted by Crippen LogP contribution is -2.30. The summed E-state index contributed by atoms with van der Waals surface area (Å²) in [7, 11) is 3.31. The van der Waals surface area contributed by atoms with E-state index in [9.17, 15) is 9.50 Å². The van der Waals surface area contributed by atoms with Crippen LogP contribution in [0.15, 0.2) is 48.5 Å². The van der Waals surface area contributed by atoms with Crippen molar-refractivity contribution in [1.82, 2.24) is 5.32 Å². The van der Waals surface area contributed by atoms with Gasteiger partial charge in [-0.15, -0.1) is 0 Å². The Kier molecular flexibility index (Phi) is 9.88. The molecule has 1 saturated carbocycles. The number of phenols is 1. The second-order valence-corrected chi connectivity index (χ2v) is 11.3. The molecule has 0 heterocycles. The molecule has 220 valence electrons. The van der Waals surface area contributed by atoms with E-state index in [2.05, 4.69) is 16.7 Å². The quantitative estimate of drug-likeness (QED) is 0.192. The Morgan fingerprint density at radius 2 is 1.73 bits per heavy atom. The highest BCUT2D eigenvalue weighted by molar-refractivity contribution is 5.62. The van der Waals surface area contributed by atoms with Gasteiger partial charge in [0.2, 0.25) is 0 Å². The standard InChI is InChI=1S/C34H43FN2O4/c1-39-33-20-29(27-10-9-26-19-28(38)12-11-25(26)18-27)31(21-34(33)40-2)37-14-4-7-23-8-13-32(30(35)17-23)41-16-15-36-22-24-5-3-6-24/h8,11-13,17,19-21,24,27,36-38H,3-7,9-10,14-16,18,22H2,1-2H3/t27-/m1/s1. The van der Waals surface area contributed by atoms with Crippen LogP contribution in [0.1, 0.15) is 60.3 Å². The van der Waals surface area contributed by atoms with Gasteiger partial charge in [0, 0.05) is 24.8 Å². The van der Waals surface area contributed by atoms with Gasteiger partial charge in [0.25, 0.3) is 0 Å². The topological polar surface area (TPSA) is 72.0 Å². The average molecular weight is 563 g/mol. The first-order valence-electron chi connectivity index (χ1n) is 15.0. The van der Waals surface area contributed by atoms with Crippen LogP contribution in [0.25, 0.3) is 0 Å². The number of benzene rings is 3. The van der Waals surface area contributed by atoms with Crippen molar-refractivity contribution < 1.29 is 23.7 Å². The van der Waals surface area contributed by atoms with Gasteiger partial charge in [0.15, 0.2) is 23.1 Å². The van der Waals surface area contributed by atoms with Crippen molar-refractivity contribution in [3.05, 3.63) is 76.6 Å². The van der Waals surface area contributed by atoms with Gasteiger partial charge in [-0.25, -0.2) is 4.39 Å². The van der Waals surface area contributed by atoms with Gasteiger partial charge in [-0.1, -0.05) is 18.6 Å². The summed E-state index contributed by atoms with van der Waals surface area (Å²) >= 11 is 0. The molecule has 0 amide bonds. The summed E-state index contributed by atoms with van der Waals surface area (Å²) in [5.74, 6) is 2.88. The van der Waals surface area contributed by atoms with Gasteiger partial charge in [-0.3, -0.25) is 0 Å². The van der Waals surface area contributed by atoms with E-state index in [1.54, 1.807) is 32.4 Å². The van der Waals surface area contributed by atoms with Gasteiger partial charge in [-0.2, -0.15) is 0 Å². The molecule has 41 heavy (non-hydrogen) atoms. The monoisotopic (exact) mass is 562 g/mol. The molecule has 0 radical (unpaired) electrons. The van der Waals surface area contributed by atoms with Crippen LogP contribution >= 0.6 is 0 Å². The van der Waals surface area contributed by atoms with Crippen molar-refractivity contribution >= 4 is 5.69 Å². The van der Waals surface area contributed by atoms with Crippen molar-refractivity contribution in [2.45, 2.75) is 57.3 Å². The molecule has 1 fully saturated rings. The molecule has 0 unspecified atom stereocenters. The van der Waals surface area contributed by atoms with Crippen LogP contribution in [-0.4, -0.2) is 45.6 Å². The predicted octanol–water partition coefficient (Wildman–Crippen LogP) is 6.63. The molecule has 0 aromatic heterocycles. The van der Waals surface area contributed by atoms with Crippen molar-refractivity contribution in [3.63, 3.8) is 0 Å². The second-order valence-electron chi connectivity index (χ2n) is 11.3. The maximum absolute atomic E-state index is 14.7. The number of halogens is 1. The van der Waals surface area contributed by atoms with Crippen LogP contribution in [0.4, 0.5) is 10.1 Å². The van der Waals surface area contributed by atoms with Gasteiger partial charge in [-0.05, 0) is 116 Å². The minimum Gasteiger partial charge on any atom is -0.508 e. The molecular formula is C34H43FN2O4.